The molecule has 0 atom stereocenters. The molecule has 0 amide bonds. The molecule has 2 aromatic rings. The average molecular weight is 224 g/mol. The lowest BCUT2D eigenvalue weighted by atomic mass is 10.2. The Balaban J connectivity index is 2.46. The third-order valence-corrected chi connectivity index (χ3v) is 2.83. The van der Waals surface area contributed by atoms with Crippen molar-refractivity contribution in [2.24, 2.45) is 0 Å². The molecule has 0 aliphatic heterocycles. The molecule has 0 aliphatic rings. The summed E-state index contributed by atoms with van der Waals surface area (Å²) >= 11 is 1.24. The highest BCUT2D eigenvalue weighted by molar-refractivity contribution is 7.10. The van der Waals surface area contributed by atoms with Gasteiger partial charge in [-0.05, 0) is 18.5 Å². The Hall–Kier alpha value is -1.43. The molecule has 80 valence electrons. The van der Waals surface area contributed by atoms with Crippen molar-refractivity contribution >= 4 is 16.5 Å². The van der Waals surface area contributed by atoms with Gasteiger partial charge in [-0.15, -0.1) is 0 Å². The lowest BCUT2D eigenvalue weighted by Gasteiger charge is -1.93. The van der Waals surface area contributed by atoms with E-state index in [-0.39, 0.29) is 5.92 Å². The van der Waals surface area contributed by atoms with E-state index in [0.717, 1.165) is 11.3 Å². The Morgan fingerprint density at radius 3 is 2.60 bits per heavy atom. The second-order valence-corrected chi connectivity index (χ2v) is 4.42. The molecule has 0 unspecified atom stereocenters. The van der Waals surface area contributed by atoms with Gasteiger partial charge in [-0.3, -0.25) is 0 Å². The first-order valence-electron chi connectivity index (χ1n) is 4.65. The van der Waals surface area contributed by atoms with Gasteiger partial charge < -0.3 is 10.3 Å². The fourth-order valence-corrected chi connectivity index (χ4v) is 1.87. The smallest absolute Gasteiger partial charge is 0.262 e. The van der Waals surface area contributed by atoms with Crippen LogP contribution in [0.25, 0.3) is 11.5 Å². The van der Waals surface area contributed by atoms with E-state index in [2.05, 4.69) is 14.5 Å². The van der Waals surface area contributed by atoms with E-state index in [4.69, 9.17) is 10.3 Å². The minimum atomic E-state index is 0.246. The monoisotopic (exact) mass is 224 g/mol. The maximum absolute atomic E-state index is 5.79. The summed E-state index contributed by atoms with van der Waals surface area (Å²) in [7, 11) is 0. The van der Waals surface area contributed by atoms with Crippen LogP contribution in [0.2, 0.25) is 0 Å². The summed E-state index contributed by atoms with van der Waals surface area (Å²) in [5, 5.41) is 4.51. The van der Waals surface area contributed by atoms with E-state index in [9.17, 15) is 0 Å². The van der Waals surface area contributed by atoms with Gasteiger partial charge in [0, 0.05) is 5.92 Å². The minimum Gasteiger partial charge on any atom is -0.389 e. The fraction of sp³-hybridized carbons (Fsp3) is 0.444. The van der Waals surface area contributed by atoms with Crippen LogP contribution in [0, 0.1) is 6.92 Å². The number of rotatable bonds is 2. The predicted molar refractivity (Wildman–Crippen MR) is 58.6 cm³/mol. The van der Waals surface area contributed by atoms with Gasteiger partial charge in [0.2, 0.25) is 0 Å². The molecule has 2 aromatic heterocycles. The molecular formula is C9H12N4OS. The molecule has 0 aromatic carbocycles. The summed E-state index contributed by atoms with van der Waals surface area (Å²) in [6, 6.07) is 0. The van der Waals surface area contributed by atoms with Crippen LogP contribution in [0.15, 0.2) is 4.52 Å². The zero-order valence-electron chi connectivity index (χ0n) is 8.81. The molecule has 0 bridgehead atoms. The average Bonchev–Trinajstić information content (AvgIpc) is 2.73. The molecule has 0 spiro atoms. The number of aryl methyl sites for hydroxylation is 1. The molecule has 0 saturated heterocycles. The van der Waals surface area contributed by atoms with E-state index < -0.39 is 0 Å². The molecule has 0 aliphatic carbocycles. The van der Waals surface area contributed by atoms with Crippen molar-refractivity contribution in [3.63, 3.8) is 0 Å². The number of aromatic nitrogens is 3. The first kappa shape index (κ1) is 10.1. The van der Waals surface area contributed by atoms with Crippen LogP contribution in [0.5, 0.6) is 0 Å². The van der Waals surface area contributed by atoms with E-state index in [1.165, 1.54) is 11.5 Å². The van der Waals surface area contributed by atoms with E-state index in [0.29, 0.717) is 16.7 Å². The van der Waals surface area contributed by atoms with Gasteiger partial charge in [-0.25, -0.2) is 0 Å². The van der Waals surface area contributed by atoms with Crippen molar-refractivity contribution in [2.45, 2.75) is 26.7 Å². The van der Waals surface area contributed by atoms with Gasteiger partial charge in [-0.1, -0.05) is 19.0 Å². The largest absolute Gasteiger partial charge is 0.389 e. The zero-order chi connectivity index (χ0) is 11.0. The third kappa shape index (κ3) is 1.72. The Morgan fingerprint density at radius 1 is 1.40 bits per heavy atom. The highest BCUT2D eigenvalue weighted by Gasteiger charge is 2.18. The summed E-state index contributed by atoms with van der Waals surface area (Å²) in [6.45, 7) is 5.90. The standard InChI is InChI=1S/C9H12N4OS/c1-4(2)8-11-9(14-12-8)6-5(3)13-15-7(6)10/h4H,10H2,1-3H3. The number of nitrogens with zero attached hydrogens (tertiary/aromatic N) is 3. The Kier molecular flexibility index (Phi) is 2.44. The lowest BCUT2D eigenvalue weighted by molar-refractivity contribution is 0.419. The maximum atomic E-state index is 5.79. The molecule has 2 N–H and O–H groups in total. The minimum absolute atomic E-state index is 0.246. The number of anilines is 1. The molecule has 0 radical (unpaired) electrons. The lowest BCUT2D eigenvalue weighted by Crippen LogP contribution is -1.90. The molecule has 0 saturated carbocycles. The van der Waals surface area contributed by atoms with Crippen LogP contribution < -0.4 is 5.73 Å². The van der Waals surface area contributed by atoms with Crippen LogP contribution in [-0.4, -0.2) is 14.5 Å². The molecule has 15 heavy (non-hydrogen) atoms. The van der Waals surface area contributed by atoms with Gasteiger partial charge in [0.15, 0.2) is 5.82 Å². The van der Waals surface area contributed by atoms with Gasteiger partial charge in [0.05, 0.1) is 11.3 Å². The second-order valence-electron chi connectivity index (χ2n) is 3.62. The molecule has 0 fully saturated rings. The number of nitrogen functional groups attached to an aromatic ring is 1. The summed E-state index contributed by atoms with van der Waals surface area (Å²) in [5.74, 6) is 1.40. The third-order valence-electron chi connectivity index (χ3n) is 2.06. The fourth-order valence-electron chi connectivity index (χ4n) is 1.22. The second kappa shape index (κ2) is 3.62. The van der Waals surface area contributed by atoms with Crippen LogP contribution in [0.3, 0.4) is 0 Å². The number of hydrogen-bond donors (Lipinski definition) is 1. The number of nitrogens with two attached hydrogens (primary N) is 1. The van der Waals surface area contributed by atoms with Crippen molar-refractivity contribution in [2.75, 3.05) is 5.73 Å². The van der Waals surface area contributed by atoms with E-state index in [1.54, 1.807) is 0 Å². The molecule has 6 heteroatoms. The van der Waals surface area contributed by atoms with Crippen LogP contribution in [-0.2, 0) is 0 Å². The summed E-state index contributed by atoms with van der Waals surface area (Å²) < 4.78 is 9.29. The van der Waals surface area contributed by atoms with Crippen molar-refractivity contribution in [3.05, 3.63) is 11.5 Å². The molecule has 2 rings (SSSR count). The quantitative estimate of drug-likeness (QED) is 0.846. The van der Waals surface area contributed by atoms with Crippen molar-refractivity contribution in [3.8, 4) is 11.5 Å². The zero-order valence-corrected chi connectivity index (χ0v) is 9.63. The highest BCUT2D eigenvalue weighted by Crippen LogP contribution is 2.31. The SMILES string of the molecule is Cc1nsc(N)c1-c1nc(C(C)C)no1. The topological polar surface area (TPSA) is 77.8 Å². The summed E-state index contributed by atoms with van der Waals surface area (Å²) in [5.41, 5.74) is 7.38. The van der Waals surface area contributed by atoms with Crippen molar-refractivity contribution in [1.29, 1.82) is 0 Å². The molecular weight excluding hydrogens is 212 g/mol. The van der Waals surface area contributed by atoms with E-state index in [1.807, 2.05) is 20.8 Å². The van der Waals surface area contributed by atoms with Crippen LogP contribution in [0.4, 0.5) is 5.00 Å². The van der Waals surface area contributed by atoms with Crippen molar-refractivity contribution < 1.29 is 4.52 Å². The van der Waals surface area contributed by atoms with Gasteiger partial charge in [0.25, 0.3) is 5.89 Å². The van der Waals surface area contributed by atoms with Gasteiger partial charge in [-0.2, -0.15) is 9.36 Å². The van der Waals surface area contributed by atoms with Crippen molar-refractivity contribution in [1.82, 2.24) is 14.5 Å². The van der Waals surface area contributed by atoms with Gasteiger partial charge >= 0.3 is 0 Å². The normalized spacial score (nSPS) is 11.2. The molecule has 2 heterocycles. The molecule has 5 nitrogen and oxygen atoms in total. The Morgan fingerprint density at radius 2 is 2.13 bits per heavy atom. The Bertz CT molecular complexity index is 455. The van der Waals surface area contributed by atoms with Crippen LogP contribution >= 0.6 is 11.5 Å². The number of hydrogen-bond acceptors (Lipinski definition) is 6. The van der Waals surface area contributed by atoms with E-state index >= 15 is 0 Å². The van der Waals surface area contributed by atoms with Gasteiger partial charge in [0.1, 0.15) is 5.00 Å². The summed E-state index contributed by atoms with van der Waals surface area (Å²) in [6.07, 6.45) is 0. The Labute approximate surface area is 91.5 Å². The first-order valence-corrected chi connectivity index (χ1v) is 5.42. The predicted octanol–water partition coefficient (Wildman–Crippen LogP) is 2.21. The first-order chi connectivity index (χ1) is 7.09. The van der Waals surface area contributed by atoms with Crippen LogP contribution in [0.1, 0.15) is 31.3 Å². The maximum Gasteiger partial charge on any atom is 0.262 e. The summed E-state index contributed by atoms with van der Waals surface area (Å²) in [4.78, 5) is 4.28. The highest BCUT2D eigenvalue weighted by atomic mass is 32.1.